The Morgan fingerprint density at radius 1 is 1.42 bits per heavy atom. The number of hydrogen-bond acceptors (Lipinski definition) is 4. The fourth-order valence-corrected chi connectivity index (χ4v) is 1.19. The Morgan fingerprint density at radius 3 is 2.68 bits per heavy atom. The third-order valence-electron chi connectivity index (χ3n) is 1.97. The Kier molecular flexibility index (Phi) is 4.69. The van der Waals surface area contributed by atoms with E-state index in [0.717, 1.165) is 6.07 Å². The topological polar surface area (TPSA) is 66.9 Å². The maximum atomic E-state index is 12.5. The molecule has 0 aliphatic carbocycles. The summed E-state index contributed by atoms with van der Waals surface area (Å²) in [6, 6.07) is 0.852. The molecule has 1 amide bonds. The summed E-state index contributed by atoms with van der Waals surface area (Å²) < 4.78 is 37.5. The van der Waals surface area contributed by atoms with Crippen LogP contribution in [-0.2, 0) is 11.0 Å². The fourth-order valence-electron chi connectivity index (χ4n) is 1.19. The van der Waals surface area contributed by atoms with Gasteiger partial charge in [0.1, 0.15) is 5.69 Å². The van der Waals surface area contributed by atoms with E-state index in [2.05, 4.69) is 20.6 Å². The average Bonchev–Trinajstić information content (AvgIpc) is 2.32. The Bertz CT molecular complexity index is 508. The number of carbonyl (C=O) groups is 1. The van der Waals surface area contributed by atoms with Gasteiger partial charge >= 0.3 is 6.18 Å². The van der Waals surface area contributed by atoms with Gasteiger partial charge in [0.05, 0.1) is 0 Å². The van der Waals surface area contributed by atoms with Crippen LogP contribution in [0.25, 0.3) is 0 Å². The highest BCUT2D eigenvalue weighted by Gasteiger charge is 2.33. The van der Waals surface area contributed by atoms with Crippen LogP contribution in [0.5, 0.6) is 0 Å². The molecule has 19 heavy (non-hydrogen) atoms. The monoisotopic (exact) mass is 272 g/mol. The Balaban J connectivity index is 2.62. The summed E-state index contributed by atoms with van der Waals surface area (Å²) >= 11 is 0. The van der Waals surface area contributed by atoms with E-state index in [1.54, 1.807) is 0 Å². The molecule has 0 aromatic carbocycles. The molecular weight excluding hydrogens is 261 g/mol. The quantitative estimate of drug-likeness (QED) is 0.633. The summed E-state index contributed by atoms with van der Waals surface area (Å²) in [5.74, 6) is 1.10. The molecule has 0 radical (unpaired) electrons. The van der Waals surface area contributed by atoms with Gasteiger partial charge in [0.2, 0.25) is 5.95 Å². The van der Waals surface area contributed by atoms with Crippen LogP contribution in [0.15, 0.2) is 6.07 Å². The van der Waals surface area contributed by atoms with E-state index >= 15 is 0 Å². The molecule has 0 fully saturated rings. The standard InChI is InChI=1S/C11H11F3N4O/c1-3-9(19)15-4-5-16-10-17-7(2)6-8(18-10)11(12,13)14/h1,6H,4-5H2,2H3,(H,15,19)(H,16,17,18). The van der Waals surface area contributed by atoms with Gasteiger partial charge < -0.3 is 10.6 Å². The highest BCUT2D eigenvalue weighted by Crippen LogP contribution is 2.28. The lowest BCUT2D eigenvalue weighted by Gasteiger charge is -2.10. The second-order valence-corrected chi connectivity index (χ2v) is 3.54. The van der Waals surface area contributed by atoms with E-state index in [4.69, 9.17) is 6.42 Å². The van der Waals surface area contributed by atoms with Crippen molar-refractivity contribution in [2.75, 3.05) is 18.4 Å². The number of rotatable bonds is 4. The number of aromatic nitrogens is 2. The SMILES string of the molecule is C#CC(=O)NCCNc1nc(C)cc(C(F)(F)F)n1. The molecule has 8 heteroatoms. The van der Waals surface area contributed by atoms with Crippen LogP contribution in [0, 0.1) is 19.3 Å². The lowest BCUT2D eigenvalue weighted by atomic mass is 10.3. The summed E-state index contributed by atoms with van der Waals surface area (Å²) in [6.45, 7) is 1.75. The molecule has 2 N–H and O–H groups in total. The van der Waals surface area contributed by atoms with Gasteiger partial charge in [0.15, 0.2) is 0 Å². The molecule has 5 nitrogen and oxygen atoms in total. The van der Waals surface area contributed by atoms with Crippen molar-refractivity contribution in [1.82, 2.24) is 15.3 Å². The van der Waals surface area contributed by atoms with Gasteiger partial charge in [0.25, 0.3) is 5.91 Å². The van der Waals surface area contributed by atoms with Crippen LogP contribution < -0.4 is 10.6 Å². The Morgan fingerprint density at radius 2 is 2.11 bits per heavy atom. The zero-order valence-corrected chi connectivity index (χ0v) is 10.0. The van der Waals surface area contributed by atoms with Crippen molar-refractivity contribution >= 4 is 11.9 Å². The third-order valence-corrected chi connectivity index (χ3v) is 1.97. The van der Waals surface area contributed by atoms with Gasteiger partial charge in [-0.2, -0.15) is 13.2 Å². The van der Waals surface area contributed by atoms with E-state index in [9.17, 15) is 18.0 Å². The van der Waals surface area contributed by atoms with E-state index in [1.807, 2.05) is 5.92 Å². The largest absolute Gasteiger partial charge is 0.433 e. The lowest BCUT2D eigenvalue weighted by molar-refractivity contribution is -0.141. The number of alkyl halides is 3. The zero-order chi connectivity index (χ0) is 14.5. The molecule has 1 aromatic heterocycles. The summed E-state index contributed by atoms with van der Waals surface area (Å²) in [5, 5.41) is 4.92. The molecule has 1 rings (SSSR count). The molecule has 0 aliphatic heterocycles. The number of hydrogen-bond donors (Lipinski definition) is 2. The summed E-state index contributed by atoms with van der Waals surface area (Å²) in [5.41, 5.74) is -0.826. The molecule has 0 saturated heterocycles. The number of aryl methyl sites for hydroxylation is 1. The van der Waals surface area contributed by atoms with Gasteiger partial charge in [-0.05, 0) is 18.9 Å². The minimum atomic E-state index is -4.53. The van der Waals surface area contributed by atoms with Crippen molar-refractivity contribution in [3.05, 3.63) is 17.5 Å². The molecule has 0 atom stereocenters. The maximum Gasteiger partial charge on any atom is 0.433 e. The molecule has 0 spiro atoms. The van der Waals surface area contributed by atoms with Crippen LogP contribution in [-0.4, -0.2) is 29.0 Å². The summed E-state index contributed by atoms with van der Waals surface area (Å²) in [6.07, 6.45) is 0.295. The van der Waals surface area contributed by atoms with Crippen LogP contribution in [0.4, 0.5) is 19.1 Å². The van der Waals surface area contributed by atoms with Crippen molar-refractivity contribution in [3.63, 3.8) is 0 Å². The highest BCUT2D eigenvalue weighted by atomic mass is 19.4. The van der Waals surface area contributed by atoms with Crippen molar-refractivity contribution in [3.8, 4) is 12.3 Å². The van der Waals surface area contributed by atoms with E-state index in [0.29, 0.717) is 0 Å². The number of nitrogens with one attached hydrogen (secondary N) is 2. The predicted octanol–water partition coefficient (Wildman–Crippen LogP) is 0.965. The number of amides is 1. The molecule has 1 heterocycles. The van der Waals surface area contributed by atoms with Crippen molar-refractivity contribution < 1.29 is 18.0 Å². The van der Waals surface area contributed by atoms with E-state index in [1.165, 1.54) is 6.92 Å². The normalized spacial score (nSPS) is 10.7. The number of halogens is 3. The maximum absolute atomic E-state index is 12.5. The van der Waals surface area contributed by atoms with Crippen molar-refractivity contribution in [1.29, 1.82) is 0 Å². The third kappa shape index (κ3) is 4.83. The lowest BCUT2D eigenvalue weighted by Crippen LogP contribution is -2.28. The molecule has 0 unspecified atom stereocenters. The molecular formula is C11H11F3N4O. The molecule has 0 bridgehead atoms. The summed E-state index contributed by atoms with van der Waals surface area (Å²) in [7, 11) is 0. The second kappa shape index (κ2) is 6.04. The van der Waals surface area contributed by atoms with E-state index < -0.39 is 17.8 Å². The highest BCUT2D eigenvalue weighted by molar-refractivity contribution is 5.92. The first-order valence-corrected chi connectivity index (χ1v) is 5.24. The van der Waals surface area contributed by atoms with E-state index in [-0.39, 0.29) is 24.7 Å². The van der Waals surface area contributed by atoms with Crippen LogP contribution in [0.1, 0.15) is 11.4 Å². The predicted molar refractivity (Wildman–Crippen MR) is 62.1 cm³/mol. The van der Waals surface area contributed by atoms with Gasteiger partial charge in [-0.15, -0.1) is 6.42 Å². The van der Waals surface area contributed by atoms with Crippen molar-refractivity contribution in [2.24, 2.45) is 0 Å². The minimum Gasteiger partial charge on any atom is -0.352 e. The zero-order valence-electron chi connectivity index (χ0n) is 10.0. The van der Waals surface area contributed by atoms with Crippen molar-refractivity contribution in [2.45, 2.75) is 13.1 Å². The summed E-state index contributed by atoms with van der Waals surface area (Å²) in [4.78, 5) is 17.9. The first kappa shape index (κ1) is 14.8. The fraction of sp³-hybridized carbons (Fsp3) is 0.364. The number of carbonyl (C=O) groups excluding carboxylic acids is 1. The number of nitrogens with zero attached hydrogens (tertiary/aromatic N) is 2. The van der Waals surface area contributed by atoms with Crippen LogP contribution in [0.2, 0.25) is 0 Å². The Labute approximate surface area is 107 Å². The minimum absolute atomic E-state index is 0.151. The van der Waals surface area contributed by atoms with Gasteiger partial charge in [0, 0.05) is 18.8 Å². The number of terminal acetylenes is 1. The van der Waals surface area contributed by atoms with Crippen LogP contribution in [0.3, 0.4) is 0 Å². The van der Waals surface area contributed by atoms with Crippen LogP contribution >= 0.6 is 0 Å². The average molecular weight is 272 g/mol. The molecule has 102 valence electrons. The van der Waals surface area contributed by atoms with Gasteiger partial charge in [-0.1, -0.05) is 0 Å². The molecule has 0 saturated carbocycles. The second-order valence-electron chi connectivity index (χ2n) is 3.54. The van der Waals surface area contributed by atoms with Gasteiger partial charge in [-0.25, -0.2) is 9.97 Å². The van der Waals surface area contributed by atoms with Gasteiger partial charge in [-0.3, -0.25) is 4.79 Å². The first-order valence-electron chi connectivity index (χ1n) is 5.24. The Hall–Kier alpha value is -2.30. The molecule has 0 aliphatic rings. The smallest absolute Gasteiger partial charge is 0.352 e. The first-order chi connectivity index (χ1) is 8.82. The molecule has 1 aromatic rings. The number of anilines is 1.